The van der Waals surface area contributed by atoms with Gasteiger partial charge in [0.1, 0.15) is 0 Å². The Hall–Kier alpha value is -0.790. The van der Waals surface area contributed by atoms with Crippen LogP contribution in [0, 0.1) is 6.92 Å². The molecule has 0 atom stereocenters. The predicted molar refractivity (Wildman–Crippen MR) is 34.8 cm³/mol. The van der Waals surface area contributed by atoms with Crippen molar-refractivity contribution in [1.29, 1.82) is 0 Å². The Kier molecular flexibility index (Phi) is 1.33. The highest BCUT2D eigenvalue weighted by Gasteiger charge is 1.92. The molecule has 1 aromatic rings. The van der Waals surface area contributed by atoms with E-state index in [1.54, 1.807) is 0 Å². The molecule has 1 heterocycles. The summed E-state index contributed by atoms with van der Waals surface area (Å²) in [6.45, 7) is 4.17. The van der Waals surface area contributed by atoms with Gasteiger partial charge in [-0.05, 0) is 18.9 Å². The molecule has 0 bridgehead atoms. The van der Waals surface area contributed by atoms with Crippen molar-refractivity contribution >= 4 is 0 Å². The van der Waals surface area contributed by atoms with Crippen LogP contribution in [0.5, 0.6) is 0 Å². The Labute approximate surface area is 50.4 Å². The molecule has 2 heteroatoms. The van der Waals surface area contributed by atoms with Crippen LogP contribution in [0.1, 0.15) is 19.6 Å². The van der Waals surface area contributed by atoms with E-state index in [0.717, 1.165) is 6.42 Å². The van der Waals surface area contributed by atoms with Crippen LogP contribution < -0.4 is 0 Å². The molecular formula is C6H12N2. The van der Waals surface area contributed by atoms with Crippen LogP contribution in [-0.4, -0.2) is 10.2 Å². The van der Waals surface area contributed by atoms with E-state index >= 15 is 0 Å². The number of aromatic nitrogens is 2. The maximum atomic E-state index is 3.87. The zero-order valence-electron chi connectivity index (χ0n) is 5.23. The van der Waals surface area contributed by atoms with Gasteiger partial charge < -0.3 is 0 Å². The minimum absolute atomic E-state index is 0. The zero-order chi connectivity index (χ0) is 5.98. The maximum absolute atomic E-state index is 3.87. The fourth-order valence-electron chi connectivity index (χ4n) is 0.731. The first-order valence-electron chi connectivity index (χ1n) is 2.83. The molecule has 0 spiro atoms. The third-order valence-corrected chi connectivity index (χ3v) is 1.29. The van der Waals surface area contributed by atoms with Gasteiger partial charge in [-0.25, -0.2) is 0 Å². The number of nitrogens with one attached hydrogen (secondary N) is 1. The molecule has 0 saturated heterocycles. The first-order chi connectivity index (χ1) is 3.84. The lowest BCUT2D eigenvalue weighted by molar-refractivity contribution is 0.969. The van der Waals surface area contributed by atoms with E-state index in [0.29, 0.717) is 0 Å². The quantitative estimate of drug-likeness (QED) is 0.586. The summed E-state index contributed by atoms with van der Waals surface area (Å²) in [5.41, 5.74) is 2.50. The lowest BCUT2D eigenvalue weighted by Gasteiger charge is -1.87. The molecule has 0 saturated carbocycles. The maximum Gasteiger partial charge on any atom is 0.0519 e. The van der Waals surface area contributed by atoms with Crippen molar-refractivity contribution in [2.45, 2.75) is 20.3 Å². The number of rotatable bonds is 1. The Morgan fingerprint density at radius 3 is 2.88 bits per heavy atom. The summed E-state index contributed by atoms with van der Waals surface area (Å²) in [6.07, 6.45) is 2.89. The van der Waals surface area contributed by atoms with Crippen LogP contribution in [0.4, 0.5) is 0 Å². The third-order valence-electron chi connectivity index (χ3n) is 1.29. The summed E-state index contributed by atoms with van der Waals surface area (Å²) >= 11 is 0. The highest BCUT2D eigenvalue weighted by molar-refractivity contribution is 5.12. The molecule has 0 unspecified atom stereocenters. The number of nitrogens with zero attached hydrogens (tertiary/aromatic N) is 1. The summed E-state index contributed by atoms with van der Waals surface area (Å²) in [7, 11) is 0. The number of H-pyrrole nitrogens is 1. The molecule has 1 aromatic heterocycles. The minimum Gasteiger partial charge on any atom is -0.282 e. The van der Waals surface area contributed by atoms with Crippen LogP contribution in [0.2, 0.25) is 0 Å². The summed E-state index contributed by atoms with van der Waals surface area (Å²) < 4.78 is 0. The zero-order valence-corrected chi connectivity index (χ0v) is 5.23. The largest absolute Gasteiger partial charge is 0.282 e. The highest BCUT2D eigenvalue weighted by Crippen LogP contribution is 2.00. The molecule has 2 nitrogen and oxygen atoms in total. The molecule has 0 aromatic carbocycles. The van der Waals surface area contributed by atoms with E-state index in [1.807, 2.05) is 6.20 Å². The molecular weight excluding hydrogens is 100 g/mol. The van der Waals surface area contributed by atoms with Gasteiger partial charge in [-0.1, -0.05) is 6.92 Å². The first-order valence-corrected chi connectivity index (χ1v) is 2.83. The van der Waals surface area contributed by atoms with E-state index in [4.69, 9.17) is 0 Å². The molecule has 0 aliphatic heterocycles. The van der Waals surface area contributed by atoms with Gasteiger partial charge >= 0.3 is 0 Å². The Balaban J connectivity index is 0.000000640. The van der Waals surface area contributed by atoms with Gasteiger partial charge in [-0.15, -0.1) is 0 Å². The first kappa shape index (κ1) is 5.35. The average Bonchev–Trinajstić information content (AvgIpc) is 2.14. The normalized spacial score (nSPS) is 9.75. The second kappa shape index (κ2) is 1.99. The molecule has 0 amide bonds. The summed E-state index contributed by atoms with van der Waals surface area (Å²) in [5, 5.41) is 6.77. The molecule has 0 aliphatic carbocycles. The number of aryl methyl sites for hydroxylation is 2. The van der Waals surface area contributed by atoms with Gasteiger partial charge in [0.15, 0.2) is 0 Å². The lowest BCUT2D eigenvalue weighted by atomic mass is 10.2. The van der Waals surface area contributed by atoms with Crippen molar-refractivity contribution in [3.05, 3.63) is 17.5 Å². The van der Waals surface area contributed by atoms with Crippen molar-refractivity contribution in [1.82, 2.24) is 10.2 Å². The van der Waals surface area contributed by atoms with Crippen LogP contribution in [0.15, 0.2) is 6.20 Å². The Morgan fingerprint density at radius 1 is 1.88 bits per heavy atom. The van der Waals surface area contributed by atoms with Crippen molar-refractivity contribution < 1.29 is 1.43 Å². The van der Waals surface area contributed by atoms with E-state index < -0.39 is 0 Å². The van der Waals surface area contributed by atoms with Crippen LogP contribution in [0.25, 0.3) is 0 Å². The van der Waals surface area contributed by atoms with Gasteiger partial charge in [-0.3, -0.25) is 5.10 Å². The van der Waals surface area contributed by atoms with E-state index in [9.17, 15) is 0 Å². The number of aromatic amines is 1. The van der Waals surface area contributed by atoms with Crippen LogP contribution >= 0.6 is 0 Å². The van der Waals surface area contributed by atoms with Gasteiger partial charge in [0.2, 0.25) is 0 Å². The van der Waals surface area contributed by atoms with Crippen molar-refractivity contribution in [2.75, 3.05) is 0 Å². The summed E-state index contributed by atoms with van der Waals surface area (Å²) in [4.78, 5) is 0. The van der Waals surface area contributed by atoms with Crippen LogP contribution in [0.3, 0.4) is 0 Å². The molecule has 0 aliphatic rings. The number of hydrogen-bond donors (Lipinski definition) is 1. The fourth-order valence-corrected chi connectivity index (χ4v) is 0.731. The Morgan fingerprint density at radius 2 is 2.62 bits per heavy atom. The summed E-state index contributed by atoms with van der Waals surface area (Å²) in [6, 6.07) is 0. The highest BCUT2D eigenvalue weighted by atomic mass is 15.1. The second-order valence-electron chi connectivity index (χ2n) is 1.89. The Bertz CT molecular complexity index is 171. The van der Waals surface area contributed by atoms with Gasteiger partial charge in [-0.2, -0.15) is 5.10 Å². The van der Waals surface area contributed by atoms with Gasteiger partial charge in [0, 0.05) is 7.12 Å². The fraction of sp³-hybridized carbons (Fsp3) is 0.500. The van der Waals surface area contributed by atoms with E-state index in [-0.39, 0.29) is 1.43 Å². The third kappa shape index (κ3) is 0.735. The minimum atomic E-state index is 0. The average molecular weight is 112 g/mol. The SMILES string of the molecule is CCc1[nH]ncc1C.[HH]. The van der Waals surface area contributed by atoms with E-state index in [2.05, 4.69) is 24.0 Å². The molecule has 0 radical (unpaired) electrons. The van der Waals surface area contributed by atoms with E-state index in [1.165, 1.54) is 11.3 Å². The van der Waals surface area contributed by atoms with Crippen molar-refractivity contribution in [3.8, 4) is 0 Å². The molecule has 1 rings (SSSR count). The molecule has 8 heavy (non-hydrogen) atoms. The number of hydrogen-bond acceptors (Lipinski definition) is 1. The smallest absolute Gasteiger partial charge is 0.0519 e. The van der Waals surface area contributed by atoms with Crippen molar-refractivity contribution in [2.24, 2.45) is 0 Å². The van der Waals surface area contributed by atoms with Gasteiger partial charge in [0.25, 0.3) is 0 Å². The topological polar surface area (TPSA) is 28.7 Å². The molecule has 46 valence electrons. The monoisotopic (exact) mass is 112 g/mol. The second-order valence-corrected chi connectivity index (χ2v) is 1.89. The predicted octanol–water partition coefficient (Wildman–Crippen LogP) is 1.53. The standard InChI is InChI=1S/C6H10N2.H2/c1-3-6-5(2)4-7-8-6;/h4H,3H2,1-2H3,(H,7,8);1H. The summed E-state index contributed by atoms with van der Waals surface area (Å²) in [5.74, 6) is 0. The van der Waals surface area contributed by atoms with Gasteiger partial charge in [0.05, 0.1) is 6.20 Å². The molecule has 1 N–H and O–H groups in total. The molecule has 0 fully saturated rings. The lowest BCUT2D eigenvalue weighted by Crippen LogP contribution is -1.80. The van der Waals surface area contributed by atoms with Crippen LogP contribution in [-0.2, 0) is 6.42 Å². The van der Waals surface area contributed by atoms with Crippen molar-refractivity contribution in [3.63, 3.8) is 0 Å².